The highest BCUT2D eigenvalue weighted by Gasteiger charge is 2.25. The summed E-state index contributed by atoms with van der Waals surface area (Å²) in [5, 5.41) is 25.1. The lowest BCUT2D eigenvalue weighted by Crippen LogP contribution is -2.19. The molecule has 0 aromatic heterocycles. The third-order valence-corrected chi connectivity index (χ3v) is 4.59. The van der Waals surface area contributed by atoms with Crippen LogP contribution in [0.4, 0.5) is 0 Å². The van der Waals surface area contributed by atoms with Crippen molar-refractivity contribution in [2.24, 2.45) is 11.8 Å². The number of rotatable bonds is 7. The number of hydrogen-bond donors (Lipinski definition) is 3. The molecule has 0 bridgehead atoms. The Morgan fingerprint density at radius 1 is 1.00 bits per heavy atom. The van der Waals surface area contributed by atoms with Crippen molar-refractivity contribution in [3.8, 4) is 23.0 Å². The van der Waals surface area contributed by atoms with Crippen LogP contribution in [0.3, 0.4) is 0 Å². The second kappa shape index (κ2) is 10.5. The quantitative estimate of drug-likeness (QED) is 0.337. The molecule has 0 saturated heterocycles. The van der Waals surface area contributed by atoms with Crippen molar-refractivity contribution in [3.05, 3.63) is 23.3 Å². The van der Waals surface area contributed by atoms with Crippen molar-refractivity contribution in [1.29, 1.82) is 0 Å². The van der Waals surface area contributed by atoms with Gasteiger partial charge in [0.15, 0.2) is 11.5 Å². The molecule has 0 saturated carbocycles. The molecular formula is C22H30ClNO6. The van der Waals surface area contributed by atoms with Crippen molar-refractivity contribution >= 4 is 35.1 Å². The van der Waals surface area contributed by atoms with Crippen LogP contribution in [0.5, 0.6) is 23.0 Å². The molecule has 30 heavy (non-hydrogen) atoms. The zero-order chi connectivity index (χ0) is 21.9. The van der Waals surface area contributed by atoms with Gasteiger partial charge >= 0.3 is 11.9 Å². The Kier molecular flexibility index (Phi) is 8.93. The van der Waals surface area contributed by atoms with Crippen molar-refractivity contribution in [2.75, 3.05) is 6.54 Å². The van der Waals surface area contributed by atoms with Gasteiger partial charge in [0.1, 0.15) is 5.75 Å². The molecule has 7 nitrogen and oxygen atoms in total. The monoisotopic (exact) mass is 439 g/mol. The molecule has 3 N–H and O–H groups in total. The number of aromatic hydroxyl groups is 2. The van der Waals surface area contributed by atoms with E-state index in [4.69, 9.17) is 9.47 Å². The number of ether oxygens (including phenoxy) is 2. The van der Waals surface area contributed by atoms with Crippen molar-refractivity contribution in [2.45, 2.75) is 48.1 Å². The highest BCUT2D eigenvalue weighted by atomic mass is 35.5. The molecule has 2 aromatic rings. The van der Waals surface area contributed by atoms with E-state index in [1.807, 2.05) is 6.92 Å². The summed E-state index contributed by atoms with van der Waals surface area (Å²) in [7, 11) is 0. The van der Waals surface area contributed by atoms with Gasteiger partial charge in [0, 0.05) is 28.4 Å². The molecule has 0 radical (unpaired) electrons. The SMILES string of the molecule is CCNCc1c(OC(=O)C(C)C)ccc2c(OC(=O)C(C)C)c(O)c(O)c(C)c12.Cl. The van der Waals surface area contributed by atoms with Crippen LogP contribution in [0.25, 0.3) is 10.8 Å². The number of benzene rings is 2. The smallest absolute Gasteiger partial charge is 0.313 e. The van der Waals surface area contributed by atoms with E-state index in [9.17, 15) is 19.8 Å². The summed E-state index contributed by atoms with van der Waals surface area (Å²) in [6.07, 6.45) is 0. The molecule has 166 valence electrons. The number of carbonyl (C=O) groups excluding carboxylic acids is 2. The molecule has 2 aromatic carbocycles. The first-order valence-electron chi connectivity index (χ1n) is 9.74. The fourth-order valence-electron chi connectivity index (χ4n) is 2.85. The lowest BCUT2D eigenvalue weighted by Gasteiger charge is -2.20. The first-order valence-corrected chi connectivity index (χ1v) is 9.74. The Hall–Kier alpha value is -2.51. The summed E-state index contributed by atoms with van der Waals surface area (Å²) in [5.74, 6) is -2.27. The van der Waals surface area contributed by atoms with E-state index in [1.54, 1.807) is 46.8 Å². The molecule has 0 heterocycles. The van der Waals surface area contributed by atoms with E-state index in [-0.39, 0.29) is 35.8 Å². The van der Waals surface area contributed by atoms with Crippen LogP contribution < -0.4 is 14.8 Å². The first-order chi connectivity index (χ1) is 13.6. The van der Waals surface area contributed by atoms with E-state index in [2.05, 4.69) is 5.32 Å². The number of phenolic OH excluding ortho intramolecular Hbond substituents is 2. The molecule has 0 unspecified atom stereocenters. The second-order valence-electron chi connectivity index (χ2n) is 7.55. The van der Waals surface area contributed by atoms with Gasteiger partial charge in [-0.25, -0.2) is 0 Å². The standard InChI is InChI=1S/C22H29NO6.ClH/c1-7-23-10-15-16(28-21(26)11(2)3)9-8-14-17(15)13(6)18(24)19(25)20(14)29-22(27)12(4)5;/h8-9,11-12,23-25H,7,10H2,1-6H3;1H. The summed E-state index contributed by atoms with van der Waals surface area (Å²) in [6, 6.07) is 3.22. The van der Waals surface area contributed by atoms with Crippen molar-refractivity contribution in [3.63, 3.8) is 0 Å². The Morgan fingerprint density at radius 3 is 2.10 bits per heavy atom. The average Bonchev–Trinajstić information content (AvgIpc) is 2.67. The van der Waals surface area contributed by atoms with Crippen LogP contribution in [0.15, 0.2) is 12.1 Å². The molecule has 0 amide bonds. The molecule has 0 fully saturated rings. The van der Waals surface area contributed by atoms with Gasteiger partial charge in [-0.2, -0.15) is 0 Å². The molecule has 0 aliphatic rings. The predicted octanol–water partition coefficient (Wildman–Crippen LogP) is 4.21. The zero-order valence-corrected chi connectivity index (χ0v) is 19.0. The van der Waals surface area contributed by atoms with E-state index < -0.39 is 17.6 Å². The number of esters is 2. The zero-order valence-electron chi connectivity index (χ0n) is 18.2. The van der Waals surface area contributed by atoms with Crippen LogP contribution in [0.1, 0.15) is 45.7 Å². The minimum absolute atomic E-state index is 0. The predicted molar refractivity (Wildman–Crippen MR) is 118 cm³/mol. The van der Waals surface area contributed by atoms with Crippen LogP contribution in [-0.2, 0) is 16.1 Å². The fraction of sp³-hybridized carbons (Fsp3) is 0.455. The number of phenols is 2. The highest BCUT2D eigenvalue weighted by Crippen LogP contribution is 2.48. The first kappa shape index (κ1) is 25.5. The van der Waals surface area contributed by atoms with Gasteiger partial charge < -0.3 is 25.0 Å². The van der Waals surface area contributed by atoms with Gasteiger partial charge in [-0.05, 0) is 25.6 Å². The van der Waals surface area contributed by atoms with E-state index >= 15 is 0 Å². The average molecular weight is 440 g/mol. The summed E-state index contributed by atoms with van der Waals surface area (Å²) >= 11 is 0. The summed E-state index contributed by atoms with van der Waals surface area (Å²) < 4.78 is 11.0. The maximum absolute atomic E-state index is 12.2. The maximum Gasteiger partial charge on any atom is 0.313 e. The summed E-state index contributed by atoms with van der Waals surface area (Å²) in [6.45, 7) is 11.5. The van der Waals surface area contributed by atoms with Crippen molar-refractivity contribution < 1.29 is 29.3 Å². The largest absolute Gasteiger partial charge is 0.504 e. The lowest BCUT2D eigenvalue weighted by molar-refractivity contribution is -0.138. The van der Waals surface area contributed by atoms with Crippen molar-refractivity contribution in [1.82, 2.24) is 5.32 Å². The van der Waals surface area contributed by atoms with E-state index in [0.717, 1.165) is 0 Å². The molecule has 0 aliphatic carbocycles. The molecule has 0 aliphatic heterocycles. The van der Waals surface area contributed by atoms with E-state index in [1.165, 1.54) is 0 Å². The van der Waals surface area contributed by atoms with Crippen LogP contribution in [0.2, 0.25) is 0 Å². The molecular weight excluding hydrogens is 410 g/mol. The van der Waals surface area contributed by atoms with Crippen LogP contribution in [0, 0.1) is 18.8 Å². The topological polar surface area (TPSA) is 105 Å². The lowest BCUT2D eigenvalue weighted by atomic mass is 9.96. The molecule has 0 spiro atoms. The number of aryl methyl sites for hydroxylation is 1. The van der Waals surface area contributed by atoms with E-state index in [0.29, 0.717) is 40.7 Å². The number of hydrogen-bond acceptors (Lipinski definition) is 7. The Morgan fingerprint density at radius 2 is 1.57 bits per heavy atom. The van der Waals surface area contributed by atoms with Crippen LogP contribution >= 0.6 is 12.4 Å². The molecule has 0 atom stereocenters. The third-order valence-electron chi connectivity index (χ3n) is 4.59. The highest BCUT2D eigenvalue weighted by molar-refractivity contribution is 6.00. The maximum atomic E-state index is 12.2. The number of nitrogens with one attached hydrogen (secondary N) is 1. The van der Waals surface area contributed by atoms with Gasteiger partial charge in [-0.3, -0.25) is 9.59 Å². The van der Waals surface area contributed by atoms with Gasteiger partial charge in [-0.15, -0.1) is 12.4 Å². The minimum Gasteiger partial charge on any atom is -0.504 e. The Bertz CT molecular complexity index is 939. The van der Waals surface area contributed by atoms with Gasteiger partial charge in [-0.1, -0.05) is 34.6 Å². The van der Waals surface area contributed by atoms with Gasteiger partial charge in [0.05, 0.1) is 11.8 Å². The van der Waals surface area contributed by atoms with Crippen LogP contribution in [-0.4, -0.2) is 28.7 Å². The normalized spacial score (nSPS) is 10.9. The molecule has 8 heteroatoms. The molecule has 2 rings (SSSR count). The third kappa shape index (κ3) is 5.15. The summed E-state index contributed by atoms with van der Waals surface area (Å²) in [4.78, 5) is 24.3. The number of fused-ring (bicyclic) bond motifs is 1. The number of carbonyl (C=O) groups is 2. The minimum atomic E-state index is -0.534. The summed E-state index contributed by atoms with van der Waals surface area (Å²) in [5.41, 5.74) is 1.03. The van der Waals surface area contributed by atoms with Gasteiger partial charge in [0.25, 0.3) is 0 Å². The Labute approximate surface area is 182 Å². The fourth-order valence-corrected chi connectivity index (χ4v) is 2.85. The van der Waals surface area contributed by atoms with Gasteiger partial charge in [0.2, 0.25) is 5.75 Å². The second-order valence-corrected chi connectivity index (χ2v) is 7.55. The number of halogens is 1. The Balaban J connectivity index is 0.00000450.